The predicted molar refractivity (Wildman–Crippen MR) is 189 cm³/mol. The minimum absolute atomic E-state index is 0.176. The number of aliphatic hydroxyl groups excluding tert-OH is 1. The topological polar surface area (TPSA) is 121 Å². The molecule has 0 amide bonds. The molecule has 0 saturated carbocycles. The van der Waals surface area contributed by atoms with Crippen molar-refractivity contribution in [2.75, 3.05) is 39.6 Å². The molecule has 3 aliphatic rings. The summed E-state index contributed by atoms with van der Waals surface area (Å²) in [6.45, 7) is 13.7. The summed E-state index contributed by atoms with van der Waals surface area (Å²) in [6.07, 6.45) is 2.15. The van der Waals surface area contributed by atoms with E-state index < -0.39 is 10.1 Å². The van der Waals surface area contributed by atoms with Gasteiger partial charge < -0.3 is 29.2 Å². The number of aryl methyl sites for hydroxylation is 5. The summed E-state index contributed by atoms with van der Waals surface area (Å²) in [6, 6.07) is 14.2. The Labute approximate surface area is 295 Å². The molecule has 0 spiro atoms. The summed E-state index contributed by atoms with van der Waals surface area (Å²) in [5, 5.41) is 17.7. The lowest BCUT2D eigenvalue weighted by Gasteiger charge is -2.14. The maximum absolute atomic E-state index is 11.8. The van der Waals surface area contributed by atoms with Crippen molar-refractivity contribution in [2.45, 2.75) is 77.1 Å². The van der Waals surface area contributed by atoms with Gasteiger partial charge in [-0.15, -0.1) is 0 Å². The van der Waals surface area contributed by atoms with Gasteiger partial charge in [0.1, 0.15) is 23.7 Å². The number of phenolic OH excluding ortho intramolecular Hbond substituents is 1. The van der Waals surface area contributed by atoms with E-state index >= 15 is 0 Å². The van der Waals surface area contributed by atoms with Crippen LogP contribution in [0.15, 0.2) is 62.4 Å². The predicted octanol–water partition coefficient (Wildman–Crippen LogP) is 7.26. The van der Waals surface area contributed by atoms with Crippen molar-refractivity contribution >= 4 is 42.0 Å². The van der Waals surface area contributed by atoms with E-state index in [-0.39, 0.29) is 23.2 Å². The van der Waals surface area contributed by atoms with Crippen LogP contribution in [0.25, 0.3) is 0 Å². The molecule has 9 nitrogen and oxygen atoms in total. The summed E-state index contributed by atoms with van der Waals surface area (Å²) < 4.78 is 52.0. The monoisotopic (exact) mass is 800 g/mol. The van der Waals surface area contributed by atoms with Gasteiger partial charge in [-0.2, -0.15) is 8.42 Å². The molecule has 260 valence electrons. The van der Waals surface area contributed by atoms with E-state index in [1.54, 1.807) is 36.4 Å². The number of phenols is 1. The SMILES string of the molecule is Cc1cc(O)cc(C)c1Br.Cc1cc(O[C@@H]2CCOC2)cc(C)c1Br.Cc1ccc(S(=O)(=O)O[C@H]2CCOC2)cc1.O[C@H]1CCOC1. The third kappa shape index (κ3) is 13.4. The van der Waals surface area contributed by atoms with Gasteiger partial charge in [0.2, 0.25) is 0 Å². The molecule has 3 aromatic carbocycles. The van der Waals surface area contributed by atoms with E-state index in [0.717, 1.165) is 57.4 Å². The second-order valence-corrected chi connectivity index (χ2v) is 14.9. The number of ether oxygens (including phenoxy) is 4. The lowest BCUT2D eigenvalue weighted by atomic mass is 10.1. The fraction of sp³-hybridized carbons (Fsp3) is 0.486. The normalized spacial score (nSPS) is 20.3. The summed E-state index contributed by atoms with van der Waals surface area (Å²) in [5.41, 5.74) is 5.57. The number of aliphatic hydroxyl groups is 1. The standard InChI is InChI=1S/C12H15BrO2.C11H14O4S.C8H9BrO.C4H8O2/c1-8-5-11(6-9(2)12(8)13)15-10-3-4-14-7-10;1-9-2-4-11(5-3-9)16(12,13)15-10-6-7-14-8-10;1-5-3-7(10)4-6(2)8(5)9;5-4-1-2-6-3-4/h5-6,10H,3-4,7H2,1-2H3;2-5,10H,6-8H2,1H3;3-4,10H,1-2H3;4-5H,1-3H2/t2*10-;;4-/m10.0/s1. The summed E-state index contributed by atoms with van der Waals surface area (Å²) in [4.78, 5) is 0.199. The number of hydrogen-bond acceptors (Lipinski definition) is 9. The Kier molecular flexibility index (Phi) is 16.1. The first-order chi connectivity index (χ1) is 22.2. The minimum atomic E-state index is -3.64. The van der Waals surface area contributed by atoms with Crippen LogP contribution < -0.4 is 4.74 Å². The fourth-order valence-corrected chi connectivity index (χ4v) is 6.29. The van der Waals surface area contributed by atoms with Crippen molar-refractivity contribution in [2.24, 2.45) is 0 Å². The third-order valence-corrected chi connectivity index (χ3v) is 11.3. The minimum Gasteiger partial charge on any atom is -0.508 e. The van der Waals surface area contributed by atoms with Gasteiger partial charge in [-0.1, -0.05) is 49.6 Å². The molecule has 6 rings (SSSR count). The molecule has 3 saturated heterocycles. The number of halogens is 2. The lowest BCUT2D eigenvalue weighted by molar-refractivity contribution is 0.127. The van der Waals surface area contributed by atoms with Gasteiger partial charge in [-0.25, -0.2) is 0 Å². The molecule has 3 heterocycles. The number of hydrogen-bond donors (Lipinski definition) is 2. The largest absolute Gasteiger partial charge is 0.508 e. The van der Waals surface area contributed by atoms with Crippen molar-refractivity contribution in [1.29, 1.82) is 0 Å². The highest BCUT2D eigenvalue weighted by atomic mass is 79.9. The van der Waals surface area contributed by atoms with Crippen LogP contribution in [0.2, 0.25) is 0 Å². The van der Waals surface area contributed by atoms with Gasteiger partial charge in [0.25, 0.3) is 10.1 Å². The van der Waals surface area contributed by atoms with E-state index in [1.807, 2.05) is 20.8 Å². The first kappa shape index (κ1) is 39.4. The van der Waals surface area contributed by atoms with Crippen molar-refractivity contribution in [3.05, 3.63) is 85.3 Å². The number of aromatic hydroxyl groups is 1. The Morgan fingerprint density at radius 3 is 1.60 bits per heavy atom. The van der Waals surface area contributed by atoms with E-state index in [9.17, 15) is 8.42 Å². The zero-order chi connectivity index (χ0) is 34.6. The van der Waals surface area contributed by atoms with E-state index in [2.05, 4.69) is 57.8 Å². The molecular weight excluding hydrogens is 756 g/mol. The Balaban J connectivity index is 0.000000179. The summed E-state index contributed by atoms with van der Waals surface area (Å²) in [7, 11) is -3.64. The van der Waals surface area contributed by atoms with Gasteiger partial charge in [-0.05, 0) is 99.7 Å². The second-order valence-electron chi connectivity index (χ2n) is 11.7. The first-order valence-electron chi connectivity index (χ1n) is 15.6. The van der Waals surface area contributed by atoms with Crippen LogP contribution in [-0.2, 0) is 28.5 Å². The van der Waals surface area contributed by atoms with Crippen molar-refractivity contribution in [1.82, 2.24) is 0 Å². The maximum atomic E-state index is 11.8. The van der Waals surface area contributed by atoms with Gasteiger partial charge in [0.15, 0.2) is 0 Å². The van der Waals surface area contributed by atoms with E-state index in [4.69, 9.17) is 33.3 Å². The maximum Gasteiger partial charge on any atom is 0.297 e. The van der Waals surface area contributed by atoms with Gasteiger partial charge >= 0.3 is 0 Å². The molecule has 3 atom stereocenters. The molecule has 3 aliphatic heterocycles. The van der Waals surface area contributed by atoms with Crippen LogP contribution in [0.1, 0.15) is 47.1 Å². The second kappa shape index (κ2) is 19.2. The average molecular weight is 803 g/mol. The zero-order valence-corrected chi connectivity index (χ0v) is 31.6. The molecule has 0 aliphatic carbocycles. The first-order valence-corrected chi connectivity index (χ1v) is 18.5. The zero-order valence-electron chi connectivity index (χ0n) is 27.6. The Bertz CT molecular complexity index is 1470. The highest BCUT2D eigenvalue weighted by Gasteiger charge is 2.25. The van der Waals surface area contributed by atoms with Crippen LogP contribution in [-0.4, -0.2) is 76.6 Å². The molecule has 0 radical (unpaired) electrons. The van der Waals surface area contributed by atoms with Crippen LogP contribution in [0.3, 0.4) is 0 Å². The average Bonchev–Trinajstić information content (AvgIpc) is 3.81. The van der Waals surface area contributed by atoms with Crippen LogP contribution in [0.5, 0.6) is 11.5 Å². The van der Waals surface area contributed by atoms with Crippen molar-refractivity contribution in [3.63, 3.8) is 0 Å². The summed E-state index contributed by atoms with van der Waals surface area (Å²) in [5.74, 6) is 1.28. The Morgan fingerprint density at radius 1 is 0.702 bits per heavy atom. The molecular formula is C35H46Br2O9S. The quantitative estimate of drug-likeness (QED) is 0.257. The van der Waals surface area contributed by atoms with Crippen LogP contribution >= 0.6 is 31.9 Å². The van der Waals surface area contributed by atoms with E-state index in [1.165, 1.54) is 11.1 Å². The van der Waals surface area contributed by atoms with Crippen molar-refractivity contribution in [3.8, 4) is 11.5 Å². The molecule has 0 aromatic heterocycles. The highest BCUT2D eigenvalue weighted by Crippen LogP contribution is 2.28. The summed E-state index contributed by atoms with van der Waals surface area (Å²) >= 11 is 6.95. The molecule has 3 aromatic rings. The van der Waals surface area contributed by atoms with Gasteiger partial charge in [-0.3, -0.25) is 4.18 Å². The van der Waals surface area contributed by atoms with Gasteiger partial charge in [0, 0.05) is 35.0 Å². The smallest absolute Gasteiger partial charge is 0.297 e. The fourth-order valence-electron chi connectivity index (χ4n) is 4.75. The van der Waals surface area contributed by atoms with Crippen molar-refractivity contribution < 1.29 is 41.8 Å². The molecule has 2 N–H and O–H groups in total. The number of benzene rings is 3. The van der Waals surface area contributed by atoms with Crippen LogP contribution in [0.4, 0.5) is 0 Å². The highest BCUT2D eigenvalue weighted by molar-refractivity contribution is 9.10. The van der Waals surface area contributed by atoms with E-state index in [0.29, 0.717) is 38.6 Å². The molecule has 0 bridgehead atoms. The molecule has 47 heavy (non-hydrogen) atoms. The number of rotatable bonds is 5. The molecule has 3 fully saturated rings. The Morgan fingerprint density at radius 2 is 1.17 bits per heavy atom. The van der Waals surface area contributed by atoms with Gasteiger partial charge in [0.05, 0.1) is 37.4 Å². The lowest BCUT2D eigenvalue weighted by Crippen LogP contribution is -2.18. The third-order valence-electron chi connectivity index (χ3n) is 7.39. The molecule has 12 heteroatoms. The van der Waals surface area contributed by atoms with Crippen LogP contribution in [0, 0.1) is 34.6 Å². The molecule has 0 unspecified atom stereocenters. The Hall–Kier alpha value is -2.03.